The zero-order valence-electron chi connectivity index (χ0n) is 5.00. The Labute approximate surface area is 62.7 Å². The van der Waals surface area contributed by atoms with E-state index in [2.05, 4.69) is 16.6 Å². The van der Waals surface area contributed by atoms with Gasteiger partial charge in [-0.15, -0.1) is 0 Å². The lowest BCUT2D eigenvalue weighted by Gasteiger charge is -1.78. The van der Waals surface area contributed by atoms with Gasteiger partial charge in [-0.25, -0.2) is 4.39 Å². The fourth-order valence-electron chi connectivity index (χ4n) is 0.342. The summed E-state index contributed by atoms with van der Waals surface area (Å²) in [7, 11) is 0. The molecule has 0 fully saturated rings. The van der Waals surface area contributed by atoms with Crippen LogP contribution in [0.15, 0.2) is 24.5 Å². The van der Waals surface area contributed by atoms with Gasteiger partial charge in [0.2, 0.25) is 5.75 Å². The SMILES string of the molecule is Fc1cccnc1.O=CCl. The summed E-state index contributed by atoms with van der Waals surface area (Å²) in [5, 5.41) is 0. The highest BCUT2D eigenvalue weighted by atomic mass is 35.5. The molecule has 1 aromatic rings. The van der Waals surface area contributed by atoms with Gasteiger partial charge in [-0.2, -0.15) is 0 Å². The Balaban J connectivity index is 0.000000236. The lowest BCUT2D eigenvalue weighted by Crippen LogP contribution is -1.70. The quantitative estimate of drug-likeness (QED) is 0.428. The van der Waals surface area contributed by atoms with Crippen LogP contribution in [-0.4, -0.2) is 10.7 Å². The van der Waals surface area contributed by atoms with E-state index in [1.54, 1.807) is 6.07 Å². The number of pyridine rings is 1. The maximum absolute atomic E-state index is 11.8. The van der Waals surface area contributed by atoms with Crippen LogP contribution < -0.4 is 0 Å². The van der Waals surface area contributed by atoms with Crippen molar-refractivity contribution in [3.63, 3.8) is 0 Å². The normalized spacial score (nSPS) is 7.40. The fourth-order valence-corrected chi connectivity index (χ4v) is 0.342. The van der Waals surface area contributed by atoms with Crippen molar-refractivity contribution in [2.75, 3.05) is 0 Å². The number of carbonyl (C=O) groups is 1. The summed E-state index contributed by atoms with van der Waals surface area (Å²) in [6, 6.07) is 2.91. The maximum Gasteiger partial charge on any atom is 0.208 e. The summed E-state index contributed by atoms with van der Waals surface area (Å²) in [5.74, 6) is -0.0671. The first-order valence-corrected chi connectivity index (χ1v) is 2.84. The number of nitrogens with zero attached hydrogens (tertiary/aromatic N) is 1. The Morgan fingerprint density at radius 3 is 2.50 bits per heavy atom. The Bertz CT molecular complexity index is 180. The van der Waals surface area contributed by atoms with Crippen molar-refractivity contribution in [1.82, 2.24) is 4.98 Å². The standard InChI is InChI=1S/C5H4FN.CHClO/c6-5-2-1-3-7-4-5;2-1-3/h1-4H;1H. The molecule has 0 bridgehead atoms. The molecular formula is C6H5ClFNO. The molecule has 0 aliphatic carbocycles. The third-order valence-electron chi connectivity index (χ3n) is 0.625. The predicted molar refractivity (Wildman–Crippen MR) is 36.8 cm³/mol. The van der Waals surface area contributed by atoms with E-state index in [1.165, 1.54) is 18.5 Å². The molecule has 0 saturated heterocycles. The molecule has 0 saturated carbocycles. The van der Waals surface area contributed by atoms with Gasteiger partial charge in [0, 0.05) is 6.20 Å². The predicted octanol–water partition coefficient (Wildman–Crippen LogP) is 1.64. The molecule has 1 aromatic heterocycles. The highest BCUT2D eigenvalue weighted by molar-refractivity contribution is 6.54. The van der Waals surface area contributed by atoms with E-state index >= 15 is 0 Å². The van der Waals surface area contributed by atoms with Gasteiger partial charge < -0.3 is 0 Å². The maximum atomic E-state index is 11.8. The van der Waals surface area contributed by atoms with Gasteiger partial charge in [-0.05, 0) is 23.7 Å². The van der Waals surface area contributed by atoms with E-state index in [4.69, 9.17) is 4.79 Å². The van der Waals surface area contributed by atoms with E-state index in [1.807, 2.05) is 0 Å². The highest BCUT2D eigenvalue weighted by Crippen LogP contribution is 1.87. The van der Waals surface area contributed by atoms with Crippen molar-refractivity contribution >= 4 is 17.3 Å². The molecule has 0 atom stereocenters. The summed E-state index contributed by atoms with van der Waals surface area (Å²) in [6.07, 6.45) is 2.70. The van der Waals surface area contributed by atoms with Gasteiger partial charge in [0.1, 0.15) is 5.82 Å². The summed E-state index contributed by atoms with van der Waals surface area (Å²) in [6.45, 7) is 0. The van der Waals surface area contributed by atoms with Gasteiger partial charge in [-0.3, -0.25) is 9.78 Å². The van der Waals surface area contributed by atoms with Crippen LogP contribution in [0.2, 0.25) is 0 Å². The number of aromatic nitrogens is 1. The highest BCUT2D eigenvalue weighted by Gasteiger charge is 1.78. The van der Waals surface area contributed by atoms with Crippen molar-refractivity contribution in [1.29, 1.82) is 0 Å². The molecule has 2 nitrogen and oxygen atoms in total. The van der Waals surface area contributed by atoms with Crippen molar-refractivity contribution in [3.8, 4) is 0 Å². The summed E-state index contributed by atoms with van der Waals surface area (Å²) in [4.78, 5) is 12.1. The topological polar surface area (TPSA) is 30.0 Å². The van der Waals surface area contributed by atoms with E-state index in [0.717, 1.165) is 0 Å². The second kappa shape index (κ2) is 6.16. The monoisotopic (exact) mass is 161 g/mol. The molecule has 1 rings (SSSR count). The van der Waals surface area contributed by atoms with Crippen molar-refractivity contribution in [3.05, 3.63) is 30.3 Å². The largest absolute Gasteiger partial charge is 0.285 e. The van der Waals surface area contributed by atoms with Crippen molar-refractivity contribution in [2.24, 2.45) is 0 Å². The average molecular weight is 162 g/mol. The second-order valence-electron chi connectivity index (χ2n) is 1.26. The first kappa shape index (κ1) is 9.04. The Hall–Kier alpha value is -0.960. The van der Waals surface area contributed by atoms with Crippen LogP contribution >= 0.6 is 11.6 Å². The molecule has 0 aliphatic rings. The lowest BCUT2D eigenvalue weighted by molar-refractivity contribution is 0.569. The summed E-state index contributed by atoms with van der Waals surface area (Å²) >= 11 is 4.32. The molecule has 0 amide bonds. The third kappa shape index (κ3) is 5.18. The Morgan fingerprint density at radius 2 is 2.30 bits per heavy atom. The summed E-state index contributed by atoms with van der Waals surface area (Å²) < 4.78 is 11.8. The second-order valence-corrected chi connectivity index (χ2v) is 1.44. The van der Waals surface area contributed by atoms with Crippen LogP contribution in [0.3, 0.4) is 0 Å². The first-order chi connectivity index (χ1) is 4.81. The van der Waals surface area contributed by atoms with Crippen LogP contribution in [-0.2, 0) is 4.79 Å². The van der Waals surface area contributed by atoms with Gasteiger partial charge in [0.05, 0.1) is 6.20 Å². The van der Waals surface area contributed by atoms with Crippen molar-refractivity contribution < 1.29 is 9.18 Å². The van der Waals surface area contributed by atoms with Gasteiger partial charge >= 0.3 is 0 Å². The molecule has 0 N–H and O–H groups in total. The van der Waals surface area contributed by atoms with E-state index in [-0.39, 0.29) is 11.6 Å². The molecular weight excluding hydrogens is 157 g/mol. The zero-order valence-corrected chi connectivity index (χ0v) is 5.75. The van der Waals surface area contributed by atoms with Crippen molar-refractivity contribution in [2.45, 2.75) is 0 Å². The minimum Gasteiger partial charge on any atom is -0.285 e. The molecule has 0 aromatic carbocycles. The van der Waals surface area contributed by atoms with Gasteiger partial charge in [0.15, 0.2) is 0 Å². The van der Waals surface area contributed by atoms with Crippen LogP contribution in [0.4, 0.5) is 4.39 Å². The molecule has 4 heteroatoms. The first-order valence-electron chi connectivity index (χ1n) is 2.40. The van der Waals surface area contributed by atoms with E-state index in [0.29, 0.717) is 0 Å². The molecule has 1 heterocycles. The lowest BCUT2D eigenvalue weighted by atomic mass is 10.5. The molecule has 0 unspecified atom stereocenters. The number of halogens is 2. The minimum atomic E-state index is -0.289. The Kier molecular flexibility index (Phi) is 5.57. The number of hydrogen-bond donors (Lipinski definition) is 0. The van der Waals surface area contributed by atoms with E-state index < -0.39 is 0 Å². The fraction of sp³-hybridized carbons (Fsp3) is 0. The van der Waals surface area contributed by atoms with Crippen LogP contribution in [0.25, 0.3) is 0 Å². The number of carbonyl (C=O) groups excluding carboxylic acids is 1. The van der Waals surface area contributed by atoms with Crippen LogP contribution in [0.5, 0.6) is 0 Å². The van der Waals surface area contributed by atoms with Crippen LogP contribution in [0.1, 0.15) is 0 Å². The average Bonchev–Trinajstić information content (AvgIpc) is 1.91. The smallest absolute Gasteiger partial charge is 0.208 e. The molecule has 0 aliphatic heterocycles. The number of hydrogen-bond acceptors (Lipinski definition) is 2. The molecule has 0 radical (unpaired) electrons. The van der Waals surface area contributed by atoms with Crippen LogP contribution in [0, 0.1) is 5.82 Å². The Morgan fingerprint density at radius 1 is 1.70 bits per heavy atom. The van der Waals surface area contributed by atoms with Gasteiger partial charge in [0.25, 0.3) is 0 Å². The third-order valence-corrected chi connectivity index (χ3v) is 0.625. The molecule has 54 valence electrons. The molecule has 0 spiro atoms. The van der Waals surface area contributed by atoms with E-state index in [9.17, 15) is 4.39 Å². The minimum absolute atomic E-state index is 0.222. The molecule has 10 heavy (non-hydrogen) atoms. The summed E-state index contributed by atoms with van der Waals surface area (Å²) in [5.41, 5.74) is 0. The van der Waals surface area contributed by atoms with Gasteiger partial charge in [-0.1, -0.05) is 0 Å². The zero-order chi connectivity index (χ0) is 7.82. The number of rotatable bonds is 0.